The molecule has 0 aromatic rings. The predicted octanol–water partition coefficient (Wildman–Crippen LogP) is 4.06. The van der Waals surface area contributed by atoms with Gasteiger partial charge < -0.3 is 4.90 Å². The van der Waals surface area contributed by atoms with Crippen LogP contribution < -0.4 is 0 Å². The van der Waals surface area contributed by atoms with Crippen molar-refractivity contribution in [1.82, 2.24) is 4.90 Å². The van der Waals surface area contributed by atoms with Gasteiger partial charge in [-0.2, -0.15) is 0 Å². The molecule has 0 amide bonds. The third-order valence-corrected chi connectivity index (χ3v) is 5.08. The van der Waals surface area contributed by atoms with Crippen molar-refractivity contribution >= 4 is 15.9 Å². The highest BCUT2D eigenvalue weighted by molar-refractivity contribution is 9.09. The minimum absolute atomic E-state index is 0.890. The molecule has 1 aliphatic heterocycles. The van der Waals surface area contributed by atoms with Gasteiger partial charge >= 0.3 is 0 Å². The van der Waals surface area contributed by atoms with Gasteiger partial charge in [0, 0.05) is 11.4 Å². The number of hydrogen-bond acceptors (Lipinski definition) is 1. The van der Waals surface area contributed by atoms with E-state index in [0.717, 1.165) is 17.9 Å². The van der Waals surface area contributed by atoms with Crippen LogP contribution in [0, 0.1) is 11.8 Å². The maximum Gasteiger partial charge on any atom is 0.0123 e. The molecule has 2 rings (SSSR count). The molecule has 94 valence electrons. The Bertz CT molecular complexity index is 207. The van der Waals surface area contributed by atoms with Gasteiger partial charge in [0.05, 0.1) is 0 Å². The molecule has 1 aliphatic carbocycles. The van der Waals surface area contributed by atoms with Crippen molar-refractivity contribution in [3.8, 4) is 0 Å². The first-order valence-electron chi connectivity index (χ1n) is 7.11. The SMILES string of the molecule is CC(CCBr)CCN1CCCC2CCCC21. The summed E-state index contributed by atoms with van der Waals surface area (Å²) in [5, 5.41) is 1.17. The Kier molecular flexibility index (Phi) is 5.15. The highest BCUT2D eigenvalue weighted by atomic mass is 79.9. The highest BCUT2D eigenvalue weighted by Crippen LogP contribution is 2.36. The van der Waals surface area contributed by atoms with E-state index in [0.29, 0.717) is 0 Å². The van der Waals surface area contributed by atoms with Crippen molar-refractivity contribution < 1.29 is 0 Å². The Morgan fingerprint density at radius 3 is 2.81 bits per heavy atom. The summed E-state index contributed by atoms with van der Waals surface area (Å²) in [7, 11) is 0. The van der Waals surface area contributed by atoms with Gasteiger partial charge in [-0.15, -0.1) is 0 Å². The number of fused-ring (bicyclic) bond motifs is 1. The number of nitrogens with zero attached hydrogens (tertiary/aromatic N) is 1. The molecule has 0 spiro atoms. The second-order valence-corrected chi connectivity index (χ2v) is 6.60. The first kappa shape index (κ1) is 12.9. The molecule has 16 heavy (non-hydrogen) atoms. The standard InChI is InChI=1S/C14H26BrN/c1-12(7-9-15)8-11-16-10-3-5-13-4-2-6-14(13)16/h12-14H,2-11H2,1H3. The fraction of sp³-hybridized carbons (Fsp3) is 1.00. The molecule has 1 nitrogen and oxygen atoms in total. The zero-order valence-electron chi connectivity index (χ0n) is 10.6. The van der Waals surface area contributed by atoms with Gasteiger partial charge in [-0.25, -0.2) is 0 Å². The molecule has 1 saturated carbocycles. The lowest BCUT2D eigenvalue weighted by molar-refractivity contribution is 0.107. The van der Waals surface area contributed by atoms with Gasteiger partial charge in [-0.05, 0) is 63.5 Å². The van der Waals surface area contributed by atoms with Crippen LogP contribution in [0.15, 0.2) is 0 Å². The summed E-state index contributed by atoms with van der Waals surface area (Å²) in [6, 6.07) is 0.963. The van der Waals surface area contributed by atoms with Crippen molar-refractivity contribution in [1.29, 1.82) is 0 Å². The maximum atomic E-state index is 3.55. The summed E-state index contributed by atoms with van der Waals surface area (Å²) in [4.78, 5) is 2.81. The summed E-state index contributed by atoms with van der Waals surface area (Å²) in [6.45, 7) is 5.13. The molecule has 2 aliphatic rings. The van der Waals surface area contributed by atoms with Crippen molar-refractivity contribution in [3.63, 3.8) is 0 Å². The van der Waals surface area contributed by atoms with E-state index >= 15 is 0 Å². The van der Waals surface area contributed by atoms with E-state index in [9.17, 15) is 0 Å². The third-order valence-electron chi connectivity index (χ3n) is 4.62. The zero-order chi connectivity index (χ0) is 11.4. The number of rotatable bonds is 5. The van der Waals surface area contributed by atoms with E-state index in [1.807, 2.05) is 0 Å². The van der Waals surface area contributed by atoms with Crippen LogP contribution in [0.25, 0.3) is 0 Å². The van der Waals surface area contributed by atoms with Gasteiger partial charge in [-0.1, -0.05) is 29.3 Å². The number of likely N-dealkylation sites (tertiary alicyclic amines) is 1. The number of piperidine rings is 1. The van der Waals surface area contributed by atoms with Gasteiger partial charge in [0.1, 0.15) is 0 Å². The summed E-state index contributed by atoms with van der Waals surface area (Å²) < 4.78 is 0. The third kappa shape index (κ3) is 3.22. The van der Waals surface area contributed by atoms with Gasteiger partial charge in [0.15, 0.2) is 0 Å². The number of alkyl halides is 1. The number of hydrogen-bond donors (Lipinski definition) is 0. The molecular weight excluding hydrogens is 262 g/mol. The van der Waals surface area contributed by atoms with E-state index in [4.69, 9.17) is 0 Å². The molecule has 3 unspecified atom stereocenters. The van der Waals surface area contributed by atoms with Crippen LogP contribution in [0.2, 0.25) is 0 Å². The molecule has 2 heteroatoms. The van der Waals surface area contributed by atoms with Gasteiger partial charge in [0.2, 0.25) is 0 Å². The van der Waals surface area contributed by atoms with Crippen molar-refractivity contribution in [2.45, 2.75) is 57.9 Å². The smallest absolute Gasteiger partial charge is 0.0123 e. The summed E-state index contributed by atoms with van der Waals surface area (Å²) >= 11 is 3.55. The summed E-state index contributed by atoms with van der Waals surface area (Å²) in [5.74, 6) is 1.95. The van der Waals surface area contributed by atoms with Gasteiger partial charge in [0.25, 0.3) is 0 Å². The van der Waals surface area contributed by atoms with E-state index < -0.39 is 0 Å². The lowest BCUT2D eigenvalue weighted by Gasteiger charge is -2.38. The summed E-state index contributed by atoms with van der Waals surface area (Å²) in [6.07, 6.45) is 10.2. The van der Waals surface area contributed by atoms with Crippen LogP contribution in [0.3, 0.4) is 0 Å². The van der Waals surface area contributed by atoms with Crippen molar-refractivity contribution in [3.05, 3.63) is 0 Å². The Balaban J connectivity index is 1.75. The van der Waals surface area contributed by atoms with Crippen LogP contribution in [0.5, 0.6) is 0 Å². The Morgan fingerprint density at radius 1 is 1.19 bits per heavy atom. The molecule has 0 N–H and O–H groups in total. The molecule has 0 bridgehead atoms. The number of halogens is 1. The van der Waals surface area contributed by atoms with Crippen molar-refractivity contribution in [2.75, 3.05) is 18.4 Å². The Morgan fingerprint density at radius 2 is 2.00 bits per heavy atom. The van der Waals surface area contributed by atoms with Crippen LogP contribution in [0.4, 0.5) is 0 Å². The fourth-order valence-corrected chi connectivity index (χ4v) is 4.33. The molecule has 2 fully saturated rings. The van der Waals surface area contributed by atoms with Crippen molar-refractivity contribution in [2.24, 2.45) is 11.8 Å². The van der Waals surface area contributed by atoms with Crippen LogP contribution in [0.1, 0.15) is 51.9 Å². The predicted molar refractivity (Wildman–Crippen MR) is 74.1 cm³/mol. The molecule has 1 saturated heterocycles. The zero-order valence-corrected chi connectivity index (χ0v) is 12.2. The first-order valence-corrected chi connectivity index (χ1v) is 8.23. The minimum atomic E-state index is 0.890. The lowest BCUT2D eigenvalue weighted by Crippen LogP contribution is -2.43. The molecule has 1 heterocycles. The topological polar surface area (TPSA) is 3.24 Å². The van der Waals surface area contributed by atoms with Gasteiger partial charge in [-0.3, -0.25) is 0 Å². The minimum Gasteiger partial charge on any atom is -0.300 e. The second-order valence-electron chi connectivity index (χ2n) is 5.81. The van der Waals surface area contributed by atoms with Crippen LogP contribution >= 0.6 is 15.9 Å². The first-order chi connectivity index (χ1) is 7.81. The normalized spacial score (nSPS) is 32.6. The highest BCUT2D eigenvalue weighted by Gasteiger charge is 2.34. The van der Waals surface area contributed by atoms with E-state index in [-0.39, 0.29) is 0 Å². The quantitative estimate of drug-likeness (QED) is 0.689. The van der Waals surface area contributed by atoms with Crippen LogP contribution in [-0.4, -0.2) is 29.4 Å². The Labute approximate surface area is 109 Å². The molecular formula is C14H26BrN. The lowest BCUT2D eigenvalue weighted by atomic mass is 9.91. The van der Waals surface area contributed by atoms with E-state index in [1.165, 1.54) is 63.4 Å². The monoisotopic (exact) mass is 287 g/mol. The molecule has 3 atom stereocenters. The van der Waals surface area contributed by atoms with E-state index in [1.54, 1.807) is 0 Å². The second kappa shape index (κ2) is 6.39. The molecule has 0 radical (unpaired) electrons. The largest absolute Gasteiger partial charge is 0.300 e. The average Bonchev–Trinajstić information content (AvgIpc) is 2.75. The molecule has 0 aromatic heterocycles. The van der Waals surface area contributed by atoms with E-state index in [2.05, 4.69) is 27.8 Å². The fourth-order valence-electron chi connectivity index (χ4n) is 3.55. The maximum absolute atomic E-state index is 3.55. The summed E-state index contributed by atoms with van der Waals surface area (Å²) in [5.41, 5.74) is 0. The van der Waals surface area contributed by atoms with Crippen LogP contribution in [-0.2, 0) is 0 Å². The average molecular weight is 288 g/mol. The molecule has 0 aromatic carbocycles. The Hall–Kier alpha value is 0.440.